The highest BCUT2D eigenvalue weighted by Crippen LogP contribution is 2.48. The fraction of sp³-hybridized carbons (Fsp3) is 0.889. The van der Waals surface area contributed by atoms with Gasteiger partial charge in [0.1, 0.15) is 7.14 Å². The van der Waals surface area contributed by atoms with E-state index in [1.54, 1.807) is 5.82 Å². The fourth-order valence-corrected chi connectivity index (χ4v) is 4.72. The average Bonchev–Trinajstić information content (AvgIpc) is 2.46. The lowest BCUT2D eigenvalue weighted by Gasteiger charge is -2.13. The maximum atomic E-state index is 12.6. The Kier molecular flexibility index (Phi) is 13.9. The smallest absolute Gasteiger partial charge is 0.108 e. The van der Waals surface area contributed by atoms with Crippen LogP contribution in [0.3, 0.4) is 0 Å². The summed E-state index contributed by atoms with van der Waals surface area (Å²) in [5, 5.41) is 0. The molecule has 0 rings (SSSR count). The van der Waals surface area contributed by atoms with Crippen molar-refractivity contribution in [1.29, 1.82) is 0 Å². The summed E-state index contributed by atoms with van der Waals surface area (Å²) in [5.74, 6) is 1.78. The lowest BCUT2D eigenvalue weighted by Crippen LogP contribution is -1.94. The SMILES string of the molecule is C=CP(=O)(CCCCCCCC)CCCCCCCC. The van der Waals surface area contributed by atoms with E-state index >= 15 is 0 Å². The first-order valence-corrected chi connectivity index (χ1v) is 11.0. The largest absolute Gasteiger partial charge is 0.319 e. The van der Waals surface area contributed by atoms with Crippen LogP contribution in [0.5, 0.6) is 0 Å². The zero-order chi connectivity index (χ0) is 15.1. The minimum Gasteiger partial charge on any atom is -0.319 e. The highest BCUT2D eigenvalue weighted by atomic mass is 31.2. The van der Waals surface area contributed by atoms with Crippen LogP contribution in [0.2, 0.25) is 0 Å². The lowest BCUT2D eigenvalue weighted by atomic mass is 10.1. The molecule has 0 amide bonds. The normalized spacial score (nSPS) is 11.7. The third-order valence-electron chi connectivity index (χ3n) is 4.11. The van der Waals surface area contributed by atoms with Crippen LogP contribution in [0.25, 0.3) is 0 Å². The van der Waals surface area contributed by atoms with Gasteiger partial charge in [0.15, 0.2) is 0 Å². The Labute approximate surface area is 128 Å². The summed E-state index contributed by atoms with van der Waals surface area (Å²) in [6.07, 6.45) is 17.1. The molecule has 1 nitrogen and oxygen atoms in total. The van der Waals surface area contributed by atoms with Gasteiger partial charge in [0.25, 0.3) is 0 Å². The molecule has 0 aliphatic carbocycles. The summed E-state index contributed by atoms with van der Waals surface area (Å²) >= 11 is 0. The van der Waals surface area contributed by atoms with Crippen molar-refractivity contribution in [3.05, 3.63) is 12.4 Å². The van der Waals surface area contributed by atoms with Crippen LogP contribution in [-0.4, -0.2) is 12.3 Å². The summed E-state index contributed by atoms with van der Waals surface area (Å²) < 4.78 is 12.6. The number of hydrogen-bond donors (Lipinski definition) is 0. The summed E-state index contributed by atoms with van der Waals surface area (Å²) in [6.45, 7) is 8.31. The molecule has 0 aromatic carbocycles. The van der Waals surface area contributed by atoms with Gasteiger partial charge < -0.3 is 4.57 Å². The molecule has 0 aromatic rings. The van der Waals surface area contributed by atoms with E-state index in [4.69, 9.17) is 0 Å². The number of unbranched alkanes of at least 4 members (excludes halogenated alkanes) is 10. The maximum absolute atomic E-state index is 12.6. The first-order valence-electron chi connectivity index (χ1n) is 8.90. The number of rotatable bonds is 15. The van der Waals surface area contributed by atoms with Gasteiger partial charge in [0, 0.05) is 12.3 Å². The Balaban J connectivity index is 3.63. The van der Waals surface area contributed by atoms with Gasteiger partial charge in [-0.15, -0.1) is 0 Å². The van der Waals surface area contributed by atoms with Crippen molar-refractivity contribution >= 4 is 7.14 Å². The molecule has 0 fully saturated rings. The molecule has 0 aromatic heterocycles. The van der Waals surface area contributed by atoms with E-state index in [2.05, 4.69) is 20.4 Å². The van der Waals surface area contributed by atoms with Crippen molar-refractivity contribution in [2.45, 2.75) is 90.9 Å². The molecule has 0 saturated heterocycles. The third-order valence-corrected chi connectivity index (χ3v) is 6.92. The molecule has 120 valence electrons. The Morgan fingerprint density at radius 1 is 0.700 bits per heavy atom. The molecule has 0 atom stereocenters. The summed E-state index contributed by atoms with van der Waals surface area (Å²) in [4.78, 5) is 0. The molecule has 2 heteroatoms. The molecule has 0 unspecified atom stereocenters. The van der Waals surface area contributed by atoms with Gasteiger partial charge in [-0.25, -0.2) is 0 Å². The summed E-state index contributed by atoms with van der Waals surface area (Å²) in [5.41, 5.74) is 0. The van der Waals surface area contributed by atoms with Gasteiger partial charge in [-0.05, 0) is 18.7 Å². The molecule has 0 spiro atoms. The van der Waals surface area contributed by atoms with Crippen molar-refractivity contribution in [3.63, 3.8) is 0 Å². The predicted molar refractivity (Wildman–Crippen MR) is 94.3 cm³/mol. The Bertz CT molecular complexity index is 240. The maximum Gasteiger partial charge on any atom is 0.108 e. The second kappa shape index (κ2) is 13.9. The Morgan fingerprint density at radius 3 is 1.40 bits per heavy atom. The van der Waals surface area contributed by atoms with Gasteiger partial charge in [-0.1, -0.05) is 84.6 Å². The zero-order valence-corrected chi connectivity index (χ0v) is 14.9. The van der Waals surface area contributed by atoms with Crippen molar-refractivity contribution in [3.8, 4) is 0 Å². The monoisotopic (exact) mass is 300 g/mol. The molecule has 0 radical (unpaired) electrons. The van der Waals surface area contributed by atoms with Crippen LogP contribution in [-0.2, 0) is 4.57 Å². The van der Waals surface area contributed by atoms with E-state index < -0.39 is 7.14 Å². The van der Waals surface area contributed by atoms with E-state index in [0.29, 0.717) is 0 Å². The molecule has 0 aliphatic rings. The molecule has 0 N–H and O–H groups in total. The standard InChI is InChI=1S/C18H37OP/c1-4-7-9-11-13-15-17-20(19,6-3)18-16-14-12-10-8-5-2/h6H,3-5,7-18H2,1-2H3. The zero-order valence-electron chi connectivity index (χ0n) is 14.0. The van der Waals surface area contributed by atoms with Crippen LogP contribution in [0.1, 0.15) is 90.9 Å². The van der Waals surface area contributed by atoms with Crippen molar-refractivity contribution in [2.75, 3.05) is 12.3 Å². The van der Waals surface area contributed by atoms with Gasteiger partial charge >= 0.3 is 0 Å². The highest BCUT2D eigenvalue weighted by molar-refractivity contribution is 7.67. The molecule has 0 heterocycles. The van der Waals surface area contributed by atoms with Crippen molar-refractivity contribution < 1.29 is 4.57 Å². The van der Waals surface area contributed by atoms with Gasteiger partial charge in [-0.3, -0.25) is 0 Å². The Morgan fingerprint density at radius 2 is 1.05 bits per heavy atom. The average molecular weight is 300 g/mol. The van der Waals surface area contributed by atoms with E-state index in [9.17, 15) is 4.57 Å². The van der Waals surface area contributed by atoms with Crippen molar-refractivity contribution in [2.24, 2.45) is 0 Å². The number of hydrogen-bond acceptors (Lipinski definition) is 1. The second-order valence-electron chi connectivity index (χ2n) is 6.12. The molecular formula is C18H37OP. The van der Waals surface area contributed by atoms with Crippen LogP contribution < -0.4 is 0 Å². The molecular weight excluding hydrogens is 263 g/mol. The van der Waals surface area contributed by atoms with Gasteiger partial charge in [-0.2, -0.15) is 0 Å². The van der Waals surface area contributed by atoms with E-state index in [1.165, 1.54) is 64.2 Å². The molecule has 0 bridgehead atoms. The highest BCUT2D eigenvalue weighted by Gasteiger charge is 2.16. The predicted octanol–water partition coefficient (Wildman–Crippen LogP) is 7.21. The minimum absolute atomic E-state index is 0.900. The van der Waals surface area contributed by atoms with Crippen LogP contribution in [0.4, 0.5) is 0 Å². The van der Waals surface area contributed by atoms with Crippen LogP contribution in [0.15, 0.2) is 12.4 Å². The fourth-order valence-electron chi connectivity index (χ4n) is 2.61. The van der Waals surface area contributed by atoms with E-state index in [-0.39, 0.29) is 0 Å². The lowest BCUT2D eigenvalue weighted by molar-refractivity contribution is 0.567. The first kappa shape index (κ1) is 20.0. The molecule has 0 aliphatic heterocycles. The van der Waals surface area contributed by atoms with Crippen LogP contribution >= 0.6 is 7.14 Å². The van der Waals surface area contributed by atoms with Crippen LogP contribution in [0, 0.1) is 0 Å². The summed E-state index contributed by atoms with van der Waals surface area (Å²) in [6, 6.07) is 0. The summed E-state index contributed by atoms with van der Waals surface area (Å²) in [7, 11) is -2.05. The van der Waals surface area contributed by atoms with E-state index in [0.717, 1.165) is 25.2 Å². The first-order chi connectivity index (χ1) is 9.68. The molecule has 0 saturated carbocycles. The second-order valence-corrected chi connectivity index (χ2v) is 9.28. The van der Waals surface area contributed by atoms with Gasteiger partial charge in [0.05, 0.1) is 0 Å². The minimum atomic E-state index is -2.05. The van der Waals surface area contributed by atoms with Crippen molar-refractivity contribution in [1.82, 2.24) is 0 Å². The van der Waals surface area contributed by atoms with Gasteiger partial charge in [0.2, 0.25) is 0 Å². The Hall–Kier alpha value is -0.0300. The topological polar surface area (TPSA) is 17.1 Å². The quantitative estimate of drug-likeness (QED) is 0.230. The van der Waals surface area contributed by atoms with E-state index in [1.807, 2.05) is 0 Å². The molecule has 20 heavy (non-hydrogen) atoms. The third kappa shape index (κ3) is 11.8.